The Morgan fingerprint density at radius 1 is 1.40 bits per heavy atom. The summed E-state index contributed by atoms with van der Waals surface area (Å²) >= 11 is 3.12. The molecule has 0 radical (unpaired) electrons. The van der Waals surface area contributed by atoms with Crippen LogP contribution in [0, 0.1) is 5.82 Å². The standard InChI is InChI=1S/C10H8BrFO3/c11-8-3-6(10-14-1-2-15-10)4-9(12)7(8)5-13/h3-5,10H,1-2H2. The first kappa shape index (κ1) is 10.7. The van der Waals surface area contributed by atoms with Crippen LogP contribution in [-0.4, -0.2) is 19.5 Å². The summed E-state index contributed by atoms with van der Waals surface area (Å²) in [5, 5.41) is 0. The first-order valence-electron chi connectivity index (χ1n) is 4.39. The number of halogens is 2. The lowest BCUT2D eigenvalue weighted by atomic mass is 10.1. The Morgan fingerprint density at radius 3 is 2.60 bits per heavy atom. The fourth-order valence-corrected chi connectivity index (χ4v) is 1.95. The molecule has 0 N–H and O–H groups in total. The lowest BCUT2D eigenvalue weighted by Crippen LogP contribution is -2.01. The molecule has 5 heteroatoms. The van der Waals surface area contributed by atoms with Gasteiger partial charge in [0.05, 0.1) is 18.8 Å². The van der Waals surface area contributed by atoms with E-state index in [-0.39, 0.29) is 5.56 Å². The highest BCUT2D eigenvalue weighted by Crippen LogP contribution is 2.28. The van der Waals surface area contributed by atoms with Gasteiger partial charge in [0.25, 0.3) is 0 Å². The molecule has 0 aliphatic carbocycles. The molecule has 0 atom stereocenters. The Balaban J connectivity index is 2.37. The largest absolute Gasteiger partial charge is 0.346 e. The van der Waals surface area contributed by atoms with Gasteiger partial charge < -0.3 is 9.47 Å². The fourth-order valence-electron chi connectivity index (χ4n) is 1.40. The first-order chi connectivity index (χ1) is 7.22. The maximum atomic E-state index is 13.4. The Labute approximate surface area is 94.3 Å². The van der Waals surface area contributed by atoms with Gasteiger partial charge in [0.2, 0.25) is 0 Å². The van der Waals surface area contributed by atoms with Crippen LogP contribution in [0.25, 0.3) is 0 Å². The van der Waals surface area contributed by atoms with Crippen molar-refractivity contribution in [1.29, 1.82) is 0 Å². The number of benzene rings is 1. The third-order valence-corrected chi connectivity index (χ3v) is 2.77. The average Bonchev–Trinajstić information content (AvgIpc) is 2.69. The van der Waals surface area contributed by atoms with Crippen molar-refractivity contribution in [1.82, 2.24) is 0 Å². The van der Waals surface area contributed by atoms with E-state index in [0.717, 1.165) is 0 Å². The van der Waals surface area contributed by atoms with Gasteiger partial charge in [-0.2, -0.15) is 0 Å². The molecular formula is C10H8BrFO3. The number of hydrogen-bond donors (Lipinski definition) is 0. The van der Waals surface area contributed by atoms with E-state index in [9.17, 15) is 9.18 Å². The second kappa shape index (κ2) is 4.38. The van der Waals surface area contributed by atoms with Crippen LogP contribution in [0.4, 0.5) is 4.39 Å². The maximum Gasteiger partial charge on any atom is 0.184 e. The van der Waals surface area contributed by atoms with Gasteiger partial charge in [-0.05, 0) is 28.1 Å². The Morgan fingerprint density at radius 2 is 2.07 bits per heavy atom. The highest BCUT2D eigenvalue weighted by molar-refractivity contribution is 9.10. The highest BCUT2D eigenvalue weighted by Gasteiger charge is 2.20. The summed E-state index contributed by atoms with van der Waals surface area (Å²) in [7, 11) is 0. The molecule has 80 valence electrons. The summed E-state index contributed by atoms with van der Waals surface area (Å²) in [5.74, 6) is -0.575. The van der Waals surface area contributed by atoms with Crippen LogP contribution in [0.3, 0.4) is 0 Å². The molecule has 0 aromatic heterocycles. The van der Waals surface area contributed by atoms with Crippen molar-refractivity contribution in [2.75, 3.05) is 13.2 Å². The molecule has 2 rings (SSSR count). The molecule has 15 heavy (non-hydrogen) atoms. The normalized spacial score (nSPS) is 16.9. The summed E-state index contributed by atoms with van der Waals surface area (Å²) in [6.45, 7) is 0.999. The number of rotatable bonds is 2. The molecule has 1 fully saturated rings. The SMILES string of the molecule is O=Cc1c(F)cc(C2OCCO2)cc1Br. The minimum atomic E-state index is -0.575. The molecule has 1 aromatic carbocycles. The molecule has 0 unspecified atom stereocenters. The van der Waals surface area contributed by atoms with Gasteiger partial charge in [-0.15, -0.1) is 0 Å². The van der Waals surface area contributed by atoms with Crippen LogP contribution in [0.1, 0.15) is 22.2 Å². The predicted molar refractivity (Wildman–Crippen MR) is 54.1 cm³/mol. The summed E-state index contributed by atoms with van der Waals surface area (Å²) in [5.41, 5.74) is 0.583. The zero-order chi connectivity index (χ0) is 10.8. The van der Waals surface area contributed by atoms with Gasteiger partial charge in [-0.3, -0.25) is 4.79 Å². The minimum Gasteiger partial charge on any atom is -0.346 e. The van der Waals surface area contributed by atoms with Crippen LogP contribution >= 0.6 is 15.9 Å². The lowest BCUT2D eigenvalue weighted by Gasteiger charge is -2.10. The molecular weight excluding hydrogens is 267 g/mol. The maximum absolute atomic E-state index is 13.4. The van der Waals surface area contributed by atoms with E-state index in [1.165, 1.54) is 6.07 Å². The zero-order valence-corrected chi connectivity index (χ0v) is 9.29. The van der Waals surface area contributed by atoms with Crippen LogP contribution in [0.15, 0.2) is 16.6 Å². The average molecular weight is 275 g/mol. The molecule has 0 saturated carbocycles. The van der Waals surface area contributed by atoms with Crippen LogP contribution < -0.4 is 0 Å². The topological polar surface area (TPSA) is 35.5 Å². The second-order valence-electron chi connectivity index (χ2n) is 3.09. The summed E-state index contributed by atoms with van der Waals surface area (Å²) in [4.78, 5) is 10.5. The molecule has 1 aliphatic rings. The highest BCUT2D eigenvalue weighted by atomic mass is 79.9. The van der Waals surface area contributed by atoms with Gasteiger partial charge in [0.15, 0.2) is 12.6 Å². The van der Waals surface area contributed by atoms with Crippen molar-refractivity contribution < 1.29 is 18.7 Å². The van der Waals surface area contributed by atoms with Gasteiger partial charge in [0.1, 0.15) is 5.82 Å². The molecule has 0 bridgehead atoms. The van der Waals surface area contributed by atoms with Crippen molar-refractivity contribution in [2.45, 2.75) is 6.29 Å². The van der Waals surface area contributed by atoms with E-state index in [4.69, 9.17) is 9.47 Å². The third kappa shape index (κ3) is 2.09. The smallest absolute Gasteiger partial charge is 0.184 e. The van der Waals surface area contributed by atoms with Crippen LogP contribution in [0.5, 0.6) is 0 Å². The van der Waals surface area contributed by atoms with E-state index >= 15 is 0 Å². The Bertz CT molecular complexity index is 365. The molecule has 0 spiro atoms. The molecule has 1 heterocycles. The van der Waals surface area contributed by atoms with Gasteiger partial charge in [-0.25, -0.2) is 4.39 Å². The van der Waals surface area contributed by atoms with Crippen molar-refractivity contribution in [3.8, 4) is 0 Å². The first-order valence-corrected chi connectivity index (χ1v) is 5.19. The monoisotopic (exact) mass is 274 g/mol. The fraction of sp³-hybridized carbons (Fsp3) is 0.300. The quantitative estimate of drug-likeness (QED) is 0.778. The number of aldehydes is 1. The zero-order valence-electron chi connectivity index (χ0n) is 7.70. The van der Waals surface area contributed by atoms with Gasteiger partial charge >= 0.3 is 0 Å². The predicted octanol–water partition coefficient (Wildman–Crippen LogP) is 2.45. The van der Waals surface area contributed by atoms with E-state index in [0.29, 0.717) is 29.5 Å². The molecule has 1 saturated heterocycles. The second-order valence-corrected chi connectivity index (χ2v) is 3.94. The number of carbonyl (C=O) groups excluding carboxylic acids is 1. The summed E-state index contributed by atoms with van der Waals surface area (Å²) in [6.07, 6.45) is -0.0592. The summed E-state index contributed by atoms with van der Waals surface area (Å²) < 4.78 is 24.3. The number of carbonyl (C=O) groups is 1. The number of hydrogen-bond acceptors (Lipinski definition) is 3. The van der Waals surface area contributed by atoms with Crippen LogP contribution in [0.2, 0.25) is 0 Å². The van der Waals surface area contributed by atoms with E-state index in [1.54, 1.807) is 6.07 Å². The molecule has 1 aromatic rings. The van der Waals surface area contributed by atoms with Gasteiger partial charge in [-0.1, -0.05) is 0 Å². The molecule has 1 aliphatic heterocycles. The van der Waals surface area contributed by atoms with E-state index < -0.39 is 12.1 Å². The molecule has 0 amide bonds. The molecule has 3 nitrogen and oxygen atoms in total. The van der Waals surface area contributed by atoms with Crippen molar-refractivity contribution in [2.24, 2.45) is 0 Å². The summed E-state index contributed by atoms with van der Waals surface area (Å²) in [6, 6.07) is 2.88. The van der Waals surface area contributed by atoms with Crippen molar-refractivity contribution in [3.05, 3.63) is 33.5 Å². The minimum absolute atomic E-state index is 0.0109. The third-order valence-electron chi connectivity index (χ3n) is 2.11. The van der Waals surface area contributed by atoms with E-state index in [1.807, 2.05) is 0 Å². The number of ether oxygens (including phenoxy) is 2. The lowest BCUT2D eigenvalue weighted by molar-refractivity contribution is -0.0443. The Kier molecular flexibility index (Phi) is 3.14. The Hall–Kier alpha value is -0.780. The van der Waals surface area contributed by atoms with Crippen LogP contribution in [-0.2, 0) is 9.47 Å². The van der Waals surface area contributed by atoms with Gasteiger partial charge in [0, 0.05) is 10.0 Å². The van der Waals surface area contributed by atoms with E-state index in [2.05, 4.69) is 15.9 Å². The van der Waals surface area contributed by atoms with Crippen molar-refractivity contribution in [3.63, 3.8) is 0 Å². The van der Waals surface area contributed by atoms with Crippen molar-refractivity contribution >= 4 is 22.2 Å².